The largest absolute Gasteiger partial charge is 0.383 e. The zero-order valence-electron chi connectivity index (χ0n) is 18.6. The number of hydrogen-bond donors (Lipinski definition) is 1. The van der Waals surface area contributed by atoms with E-state index in [1.54, 1.807) is 13.3 Å². The molecular formula is C23H31N5O3. The Balaban J connectivity index is 1.38. The summed E-state index contributed by atoms with van der Waals surface area (Å²) in [5.74, 6) is -0.107. The van der Waals surface area contributed by atoms with Crippen LogP contribution in [0, 0.1) is 19.3 Å². The van der Waals surface area contributed by atoms with Crippen molar-refractivity contribution in [3.8, 4) is 0 Å². The van der Waals surface area contributed by atoms with Crippen molar-refractivity contribution in [2.75, 3.05) is 33.4 Å². The lowest BCUT2D eigenvalue weighted by molar-refractivity contribution is -0.0268. The molecule has 2 aliphatic rings. The van der Waals surface area contributed by atoms with Crippen LogP contribution in [-0.2, 0) is 4.74 Å². The topological polar surface area (TPSA) is 89.4 Å². The van der Waals surface area contributed by atoms with Crippen molar-refractivity contribution >= 4 is 11.8 Å². The number of methoxy groups -OCH3 is 1. The summed E-state index contributed by atoms with van der Waals surface area (Å²) in [7, 11) is 1.60. The fraction of sp³-hybridized carbons (Fsp3) is 0.565. The van der Waals surface area contributed by atoms with Crippen LogP contribution in [0.25, 0.3) is 0 Å². The van der Waals surface area contributed by atoms with Crippen LogP contribution in [0.1, 0.15) is 63.7 Å². The monoisotopic (exact) mass is 425 g/mol. The Bertz CT molecular complexity index is 962. The standard InChI is InChI=1S/C23H31N5O3/c1-16-4-5-18(17(2)14-16)22(30)27-11-8-23(9-12-27)7-6-20(23)28-15-19(25-26-28)21(29)24-10-13-31-3/h4-5,14-15,20H,6-13H2,1-3H3,(H,24,29). The smallest absolute Gasteiger partial charge is 0.273 e. The van der Waals surface area contributed by atoms with Gasteiger partial charge in [0.25, 0.3) is 11.8 Å². The Labute approximate surface area is 182 Å². The lowest BCUT2D eigenvalue weighted by atomic mass is 9.59. The first kappa shape index (κ1) is 21.5. The molecule has 1 atom stereocenters. The minimum Gasteiger partial charge on any atom is -0.383 e. The van der Waals surface area contributed by atoms with E-state index in [1.807, 2.05) is 35.6 Å². The fourth-order valence-corrected chi connectivity index (χ4v) is 4.95. The molecule has 0 bridgehead atoms. The SMILES string of the molecule is COCCNC(=O)c1cn(C2CCC23CCN(C(=O)c2ccc(C)cc2C)CC3)nn1. The highest BCUT2D eigenvalue weighted by molar-refractivity contribution is 5.95. The molecule has 1 aromatic heterocycles. The summed E-state index contributed by atoms with van der Waals surface area (Å²) >= 11 is 0. The Morgan fingerprint density at radius 1 is 1.23 bits per heavy atom. The Morgan fingerprint density at radius 3 is 2.65 bits per heavy atom. The number of nitrogens with zero attached hydrogens (tertiary/aromatic N) is 4. The normalized spacial score (nSPS) is 19.8. The third-order valence-corrected chi connectivity index (χ3v) is 6.94. The maximum absolute atomic E-state index is 13.0. The van der Waals surface area contributed by atoms with Gasteiger partial charge in [0.05, 0.1) is 18.8 Å². The Hall–Kier alpha value is -2.74. The van der Waals surface area contributed by atoms with Gasteiger partial charge in [0, 0.05) is 32.3 Å². The number of nitrogens with one attached hydrogen (secondary N) is 1. The van der Waals surface area contributed by atoms with E-state index in [9.17, 15) is 9.59 Å². The van der Waals surface area contributed by atoms with E-state index in [1.165, 1.54) is 5.56 Å². The number of carbonyl (C=O) groups is 2. The first-order valence-electron chi connectivity index (χ1n) is 11.0. The number of ether oxygens (including phenoxy) is 1. The van der Waals surface area contributed by atoms with Crippen molar-refractivity contribution in [1.29, 1.82) is 0 Å². The molecule has 0 radical (unpaired) electrons. The van der Waals surface area contributed by atoms with Crippen molar-refractivity contribution in [2.45, 2.75) is 45.6 Å². The molecule has 1 aliphatic heterocycles. The van der Waals surface area contributed by atoms with Crippen LogP contribution in [0.2, 0.25) is 0 Å². The molecule has 1 unspecified atom stereocenters. The predicted molar refractivity (Wildman–Crippen MR) is 116 cm³/mol. The van der Waals surface area contributed by atoms with Crippen LogP contribution in [-0.4, -0.2) is 65.1 Å². The van der Waals surface area contributed by atoms with E-state index < -0.39 is 0 Å². The summed E-state index contributed by atoms with van der Waals surface area (Å²) in [6, 6.07) is 6.24. The summed E-state index contributed by atoms with van der Waals surface area (Å²) in [4.78, 5) is 27.2. The highest BCUT2D eigenvalue weighted by Crippen LogP contribution is 2.56. The van der Waals surface area contributed by atoms with E-state index in [4.69, 9.17) is 4.74 Å². The number of aromatic nitrogens is 3. The van der Waals surface area contributed by atoms with Gasteiger partial charge in [-0.25, -0.2) is 4.68 Å². The molecule has 4 rings (SSSR count). The molecule has 2 fully saturated rings. The second kappa shape index (κ2) is 8.78. The van der Waals surface area contributed by atoms with Gasteiger partial charge in [-0.15, -0.1) is 5.10 Å². The molecule has 1 saturated heterocycles. The minimum absolute atomic E-state index is 0.124. The molecule has 2 amide bonds. The second-order valence-corrected chi connectivity index (χ2v) is 8.86. The van der Waals surface area contributed by atoms with Crippen molar-refractivity contribution in [2.24, 2.45) is 5.41 Å². The van der Waals surface area contributed by atoms with Crippen molar-refractivity contribution in [3.63, 3.8) is 0 Å². The van der Waals surface area contributed by atoms with Crippen LogP contribution < -0.4 is 5.32 Å². The molecule has 1 aromatic carbocycles. The molecule has 8 nitrogen and oxygen atoms in total. The third kappa shape index (κ3) is 4.21. The van der Waals surface area contributed by atoms with Gasteiger partial charge in [0.2, 0.25) is 0 Å². The van der Waals surface area contributed by atoms with E-state index in [0.717, 1.165) is 49.9 Å². The quantitative estimate of drug-likeness (QED) is 0.719. The number of likely N-dealkylation sites (tertiary alicyclic amines) is 1. The third-order valence-electron chi connectivity index (χ3n) is 6.94. The zero-order valence-corrected chi connectivity index (χ0v) is 18.6. The summed E-state index contributed by atoms with van der Waals surface area (Å²) in [5.41, 5.74) is 3.47. The molecule has 1 aliphatic carbocycles. The molecule has 1 N–H and O–H groups in total. The van der Waals surface area contributed by atoms with Crippen LogP contribution in [0.3, 0.4) is 0 Å². The van der Waals surface area contributed by atoms with E-state index in [0.29, 0.717) is 18.8 Å². The highest BCUT2D eigenvalue weighted by Gasteiger charge is 2.50. The van der Waals surface area contributed by atoms with Crippen molar-refractivity contribution < 1.29 is 14.3 Å². The van der Waals surface area contributed by atoms with Crippen LogP contribution in [0.15, 0.2) is 24.4 Å². The Kier molecular flexibility index (Phi) is 6.09. The Morgan fingerprint density at radius 2 is 2.00 bits per heavy atom. The van der Waals surface area contributed by atoms with E-state index in [2.05, 4.69) is 21.7 Å². The van der Waals surface area contributed by atoms with Gasteiger partial charge >= 0.3 is 0 Å². The van der Waals surface area contributed by atoms with Gasteiger partial charge in [-0.05, 0) is 56.6 Å². The number of aryl methyl sites for hydroxylation is 2. The average molecular weight is 426 g/mol. The second-order valence-electron chi connectivity index (χ2n) is 8.86. The minimum atomic E-state index is -0.231. The summed E-state index contributed by atoms with van der Waals surface area (Å²) in [6.07, 6.45) is 5.80. The van der Waals surface area contributed by atoms with Crippen molar-refractivity contribution in [3.05, 3.63) is 46.8 Å². The average Bonchev–Trinajstić information content (AvgIpc) is 3.22. The molecule has 2 heterocycles. The lowest BCUT2D eigenvalue weighted by Crippen LogP contribution is -2.51. The van der Waals surface area contributed by atoms with Gasteiger partial charge in [-0.3, -0.25) is 9.59 Å². The number of piperidine rings is 1. The molecule has 31 heavy (non-hydrogen) atoms. The van der Waals surface area contributed by atoms with Crippen LogP contribution >= 0.6 is 0 Å². The molecular weight excluding hydrogens is 394 g/mol. The number of benzene rings is 1. The highest BCUT2D eigenvalue weighted by atomic mass is 16.5. The summed E-state index contributed by atoms with van der Waals surface area (Å²) < 4.78 is 6.81. The molecule has 8 heteroatoms. The van der Waals surface area contributed by atoms with Gasteiger partial charge < -0.3 is 15.0 Å². The number of hydrogen-bond acceptors (Lipinski definition) is 5. The maximum Gasteiger partial charge on any atom is 0.273 e. The number of carbonyl (C=O) groups excluding carboxylic acids is 2. The van der Waals surface area contributed by atoms with Gasteiger partial charge in [-0.1, -0.05) is 22.9 Å². The van der Waals surface area contributed by atoms with Crippen LogP contribution in [0.4, 0.5) is 0 Å². The predicted octanol–water partition coefficient (Wildman–Crippen LogP) is 2.53. The van der Waals surface area contributed by atoms with Crippen LogP contribution in [0.5, 0.6) is 0 Å². The molecule has 1 spiro atoms. The molecule has 2 aromatic rings. The summed E-state index contributed by atoms with van der Waals surface area (Å²) in [6.45, 7) is 6.45. The first-order valence-corrected chi connectivity index (χ1v) is 11.0. The first-order chi connectivity index (χ1) is 14.9. The summed E-state index contributed by atoms with van der Waals surface area (Å²) in [5, 5.41) is 11.1. The van der Waals surface area contributed by atoms with E-state index in [-0.39, 0.29) is 23.3 Å². The van der Waals surface area contributed by atoms with Gasteiger partial charge in [0.1, 0.15) is 0 Å². The zero-order chi connectivity index (χ0) is 22.0. The fourth-order valence-electron chi connectivity index (χ4n) is 4.95. The number of amides is 2. The number of rotatable bonds is 6. The van der Waals surface area contributed by atoms with Gasteiger partial charge in [0.15, 0.2) is 5.69 Å². The maximum atomic E-state index is 13.0. The van der Waals surface area contributed by atoms with Gasteiger partial charge in [-0.2, -0.15) is 0 Å². The molecule has 166 valence electrons. The molecule has 1 saturated carbocycles. The lowest BCUT2D eigenvalue weighted by Gasteiger charge is -2.53. The van der Waals surface area contributed by atoms with E-state index >= 15 is 0 Å². The van der Waals surface area contributed by atoms with Crippen molar-refractivity contribution in [1.82, 2.24) is 25.2 Å².